The topological polar surface area (TPSA) is 62.3 Å². The number of benzene rings is 2. The molecule has 0 fully saturated rings. The predicted molar refractivity (Wildman–Crippen MR) is 123 cm³/mol. The van der Waals surface area contributed by atoms with Gasteiger partial charge in [-0.3, -0.25) is 14.6 Å². The SMILES string of the molecule is CN(CCc1ccncc1)C(=O)c1ccc(CSCC(=O)Nc2ccc(F)cc2)cc1. The van der Waals surface area contributed by atoms with Crippen molar-refractivity contribution in [3.8, 4) is 0 Å². The Kier molecular flexibility index (Phi) is 8.18. The van der Waals surface area contributed by atoms with Crippen molar-refractivity contribution >= 4 is 29.3 Å². The molecule has 160 valence electrons. The number of thioether (sulfide) groups is 1. The molecule has 2 amide bonds. The molecule has 31 heavy (non-hydrogen) atoms. The van der Waals surface area contributed by atoms with Gasteiger partial charge in [0, 0.05) is 43.0 Å². The molecular weight excluding hydrogens is 413 g/mol. The number of hydrogen-bond acceptors (Lipinski definition) is 4. The molecule has 0 saturated heterocycles. The van der Waals surface area contributed by atoms with Crippen LogP contribution in [0.1, 0.15) is 21.5 Å². The van der Waals surface area contributed by atoms with E-state index in [2.05, 4.69) is 10.3 Å². The van der Waals surface area contributed by atoms with E-state index in [4.69, 9.17) is 0 Å². The lowest BCUT2D eigenvalue weighted by atomic mass is 10.1. The maximum Gasteiger partial charge on any atom is 0.253 e. The van der Waals surface area contributed by atoms with Crippen molar-refractivity contribution in [2.75, 3.05) is 24.7 Å². The summed E-state index contributed by atoms with van der Waals surface area (Å²) in [6.45, 7) is 0.629. The number of amides is 2. The molecule has 0 radical (unpaired) electrons. The summed E-state index contributed by atoms with van der Waals surface area (Å²) in [5.74, 6) is 0.444. The highest BCUT2D eigenvalue weighted by atomic mass is 32.2. The van der Waals surface area contributed by atoms with E-state index in [1.165, 1.54) is 36.0 Å². The van der Waals surface area contributed by atoms with Gasteiger partial charge < -0.3 is 10.2 Å². The zero-order chi connectivity index (χ0) is 22.1. The van der Waals surface area contributed by atoms with Gasteiger partial charge in [-0.25, -0.2) is 4.39 Å². The van der Waals surface area contributed by atoms with Crippen LogP contribution in [0.5, 0.6) is 0 Å². The first kappa shape index (κ1) is 22.5. The molecule has 0 unspecified atom stereocenters. The van der Waals surface area contributed by atoms with Crippen LogP contribution >= 0.6 is 11.8 Å². The molecule has 0 aliphatic heterocycles. The summed E-state index contributed by atoms with van der Waals surface area (Å²) >= 11 is 1.48. The third-order valence-electron chi connectivity index (χ3n) is 4.66. The molecule has 5 nitrogen and oxygen atoms in total. The number of hydrogen-bond donors (Lipinski definition) is 1. The second-order valence-electron chi connectivity index (χ2n) is 7.08. The number of anilines is 1. The van der Waals surface area contributed by atoms with Crippen LogP contribution in [0.2, 0.25) is 0 Å². The number of halogens is 1. The van der Waals surface area contributed by atoms with Crippen LogP contribution in [-0.2, 0) is 17.0 Å². The largest absolute Gasteiger partial charge is 0.341 e. The number of carbonyl (C=O) groups excluding carboxylic acids is 2. The van der Waals surface area contributed by atoms with Gasteiger partial charge in [0.25, 0.3) is 5.91 Å². The predicted octanol–water partition coefficient (Wildman–Crippen LogP) is 4.41. The van der Waals surface area contributed by atoms with Crippen molar-refractivity contribution in [2.45, 2.75) is 12.2 Å². The van der Waals surface area contributed by atoms with Gasteiger partial charge in [-0.2, -0.15) is 0 Å². The van der Waals surface area contributed by atoms with E-state index in [1.807, 2.05) is 36.4 Å². The first-order valence-electron chi connectivity index (χ1n) is 9.88. The molecule has 0 saturated carbocycles. The Balaban J connectivity index is 1.42. The van der Waals surface area contributed by atoms with Crippen LogP contribution in [0, 0.1) is 5.82 Å². The summed E-state index contributed by atoms with van der Waals surface area (Å²) in [4.78, 5) is 30.3. The fourth-order valence-corrected chi connectivity index (χ4v) is 3.69. The summed E-state index contributed by atoms with van der Waals surface area (Å²) in [6.07, 6.45) is 4.28. The summed E-state index contributed by atoms with van der Waals surface area (Å²) in [5.41, 5.74) is 3.39. The van der Waals surface area contributed by atoms with Gasteiger partial charge in [-0.05, 0) is 66.1 Å². The third kappa shape index (κ3) is 7.22. The molecule has 2 aromatic carbocycles. The molecule has 0 atom stereocenters. The van der Waals surface area contributed by atoms with Crippen LogP contribution in [0.4, 0.5) is 10.1 Å². The number of nitrogens with one attached hydrogen (secondary N) is 1. The Morgan fingerprint density at radius 2 is 1.65 bits per heavy atom. The first-order chi connectivity index (χ1) is 15.0. The Labute approximate surface area is 185 Å². The zero-order valence-corrected chi connectivity index (χ0v) is 18.1. The number of pyridine rings is 1. The Morgan fingerprint density at radius 3 is 2.32 bits per heavy atom. The van der Waals surface area contributed by atoms with E-state index in [9.17, 15) is 14.0 Å². The molecule has 7 heteroatoms. The van der Waals surface area contributed by atoms with E-state index in [0.29, 0.717) is 23.5 Å². The number of nitrogens with zero attached hydrogens (tertiary/aromatic N) is 2. The number of carbonyl (C=O) groups is 2. The molecule has 1 aromatic heterocycles. The highest BCUT2D eigenvalue weighted by Crippen LogP contribution is 2.15. The van der Waals surface area contributed by atoms with Crippen LogP contribution in [0.25, 0.3) is 0 Å². The number of aromatic nitrogens is 1. The molecule has 0 aliphatic carbocycles. The normalized spacial score (nSPS) is 10.5. The van der Waals surface area contributed by atoms with Crippen LogP contribution in [0.15, 0.2) is 73.1 Å². The quantitative estimate of drug-likeness (QED) is 0.539. The Morgan fingerprint density at radius 1 is 0.968 bits per heavy atom. The van der Waals surface area contributed by atoms with E-state index >= 15 is 0 Å². The standard InChI is InChI=1S/C24H24FN3O2S/c1-28(15-12-18-10-13-26-14-11-18)24(30)20-4-2-19(3-5-20)16-31-17-23(29)27-22-8-6-21(25)7-9-22/h2-11,13-14H,12,15-17H2,1H3,(H,27,29). The van der Waals surface area contributed by atoms with Gasteiger partial charge in [-0.15, -0.1) is 11.8 Å². The van der Waals surface area contributed by atoms with Crippen LogP contribution < -0.4 is 5.32 Å². The molecule has 0 spiro atoms. The average molecular weight is 438 g/mol. The van der Waals surface area contributed by atoms with Crippen molar-refractivity contribution in [3.05, 3.63) is 95.6 Å². The van der Waals surface area contributed by atoms with E-state index in [-0.39, 0.29) is 23.4 Å². The van der Waals surface area contributed by atoms with Gasteiger partial charge in [-0.1, -0.05) is 12.1 Å². The summed E-state index contributed by atoms with van der Waals surface area (Å²) in [6, 6.07) is 17.0. The number of likely N-dealkylation sites (N-methyl/N-ethyl adjacent to an activating group) is 1. The zero-order valence-electron chi connectivity index (χ0n) is 17.3. The lowest BCUT2D eigenvalue weighted by molar-refractivity contribution is -0.113. The second kappa shape index (κ2) is 11.3. The minimum absolute atomic E-state index is 0.0214. The van der Waals surface area contributed by atoms with Crippen molar-refractivity contribution in [1.29, 1.82) is 0 Å². The van der Waals surface area contributed by atoms with Gasteiger partial charge in [0.2, 0.25) is 5.91 Å². The van der Waals surface area contributed by atoms with E-state index in [1.54, 1.807) is 24.3 Å². The van der Waals surface area contributed by atoms with Gasteiger partial charge in [0.15, 0.2) is 0 Å². The van der Waals surface area contributed by atoms with Crippen LogP contribution in [-0.4, -0.2) is 41.0 Å². The smallest absolute Gasteiger partial charge is 0.253 e. The Bertz CT molecular complexity index is 996. The van der Waals surface area contributed by atoms with Gasteiger partial charge >= 0.3 is 0 Å². The van der Waals surface area contributed by atoms with Gasteiger partial charge in [0.05, 0.1) is 5.75 Å². The Hall–Kier alpha value is -3.19. The first-order valence-corrected chi connectivity index (χ1v) is 11.0. The second-order valence-corrected chi connectivity index (χ2v) is 8.06. The highest BCUT2D eigenvalue weighted by Gasteiger charge is 2.12. The molecule has 1 N–H and O–H groups in total. The van der Waals surface area contributed by atoms with Crippen LogP contribution in [0.3, 0.4) is 0 Å². The van der Waals surface area contributed by atoms with Crippen molar-refractivity contribution in [1.82, 2.24) is 9.88 Å². The van der Waals surface area contributed by atoms with E-state index in [0.717, 1.165) is 17.5 Å². The summed E-state index contributed by atoms with van der Waals surface area (Å²) in [7, 11) is 1.80. The van der Waals surface area contributed by atoms with Crippen molar-refractivity contribution < 1.29 is 14.0 Å². The average Bonchev–Trinajstić information content (AvgIpc) is 2.79. The summed E-state index contributed by atoms with van der Waals surface area (Å²) < 4.78 is 12.9. The highest BCUT2D eigenvalue weighted by molar-refractivity contribution is 7.99. The lowest BCUT2D eigenvalue weighted by Crippen LogP contribution is -2.28. The van der Waals surface area contributed by atoms with E-state index < -0.39 is 0 Å². The maximum atomic E-state index is 12.9. The molecule has 3 aromatic rings. The monoisotopic (exact) mass is 437 g/mol. The fraction of sp³-hybridized carbons (Fsp3) is 0.208. The lowest BCUT2D eigenvalue weighted by Gasteiger charge is -2.17. The molecule has 0 bridgehead atoms. The third-order valence-corrected chi connectivity index (χ3v) is 5.67. The minimum atomic E-state index is -0.339. The maximum absolute atomic E-state index is 12.9. The molecule has 1 heterocycles. The van der Waals surface area contributed by atoms with Crippen molar-refractivity contribution in [2.24, 2.45) is 0 Å². The van der Waals surface area contributed by atoms with Gasteiger partial charge in [0.1, 0.15) is 5.82 Å². The molecule has 3 rings (SSSR count). The molecular formula is C24H24FN3O2S. The van der Waals surface area contributed by atoms with Crippen molar-refractivity contribution in [3.63, 3.8) is 0 Å². The molecule has 0 aliphatic rings. The minimum Gasteiger partial charge on any atom is -0.341 e. The summed E-state index contributed by atoms with van der Waals surface area (Å²) in [5, 5.41) is 2.74. The fourth-order valence-electron chi connectivity index (χ4n) is 2.90. The number of rotatable bonds is 9.